The van der Waals surface area contributed by atoms with Crippen LogP contribution in [0.4, 0.5) is 0 Å². The monoisotopic (exact) mass is 647 g/mol. The maximum atomic E-state index is 5.55. The van der Waals surface area contributed by atoms with Gasteiger partial charge in [-0.2, -0.15) is 0 Å². The summed E-state index contributed by atoms with van der Waals surface area (Å²) in [6, 6.07) is 2.29. The Kier molecular flexibility index (Phi) is 13.7. The van der Waals surface area contributed by atoms with E-state index in [-0.39, 0.29) is 0 Å². The molecule has 0 radical (unpaired) electrons. The molecule has 2 fully saturated rings. The summed E-state index contributed by atoms with van der Waals surface area (Å²) >= 11 is 3.85. The van der Waals surface area contributed by atoms with E-state index in [1.54, 1.807) is 0 Å². The van der Waals surface area contributed by atoms with Crippen LogP contribution in [-0.2, 0) is 6.13 Å². The van der Waals surface area contributed by atoms with E-state index in [2.05, 4.69) is 27.6 Å². The van der Waals surface area contributed by atoms with Crippen molar-refractivity contribution < 1.29 is 6.13 Å². The molecule has 0 bridgehead atoms. The Morgan fingerprint density at radius 1 is 1.03 bits per heavy atom. The van der Waals surface area contributed by atoms with Crippen LogP contribution >= 0.6 is 46.0 Å². The minimum Gasteiger partial charge on any atom is -0.394 e. The zero-order valence-corrected chi connectivity index (χ0v) is 22.9. The fourth-order valence-electron chi connectivity index (χ4n) is 4.53. The average molecular weight is 647 g/mol. The average Bonchev–Trinajstić information content (AvgIpc) is 2.76. The fourth-order valence-corrected chi connectivity index (χ4v) is 5.07. The first kappa shape index (κ1) is 26.2. The van der Waals surface area contributed by atoms with Gasteiger partial charge in [0.2, 0.25) is 0 Å². The van der Waals surface area contributed by atoms with Crippen LogP contribution < -0.4 is 10.6 Å². The highest BCUT2D eigenvalue weighted by atomic mass is 127. The van der Waals surface area contributed by atoms with E-state index < -0.39 is 0 Å². The van der Waals surface area contributed by atoms with Crippen molar-refractivity contribution >= 4 is 58.1 Å². The normalized spacial score (nSPS) is 24.0. The minimum atomic E-state index is 0.440. The predicted octanol–water partition coefficient (Wildman–Crippen LogP) is 4.84. The molecule has 2 atom stereocenters. The van der Waals surface area contributed by atoms with Crippen molar-refractivity contribution in [1.29, 1.82) is 0 Å². The van der Waals surface area contributed by atoms with E-state index in [1.165, 1.54) is 57.8 Å². The molecule has 0 spiro atoms. The Labute approximate surface area is 211 Å². The van der Waals surface area contributed by atoms with Crippen LogP contribution in [0.5, 0.6) is 0 Å². The lowest BCUT2D eigenvalue weighted by molar-refractivity contribution is 0.213. The van der Waals surface area contributed by atoms with E-state index in [4.69, 9.17) is 11.1 Å². The van der Waals surface area contributed by atoms with E-state index in [1.807, 2.05) is 52.9 Å². The summed E-state index contributed by atoms with van der Waals surface area (Å²) < 4.78 is 10.7. The summed E-state index contributed by atoms with van der Waals surface area (Å²) in [5.74, 6) is 0.727. The maximum Gasteiger partial charge on any atom is 0.294 e. The second kappa shape index (κ2) is 15.7. The lowest BCUT2D eigenvalue weighted by Crippen LogP contribution is -2.41. The Bertz CT molecular complexity index is 530. The van der Waals surface area contributed by atoms with Crippen LogP contribution in [0.25, 0.3) is 0 Å². The molecule has 7 nitrogen and oxygen atoms in total. The van der Waals surface area contributed by atoms with Gasteiger partial charge in [-0.1, -0.05) is 25.7 Å². The molecule has 0 aromatic heterocycles. The molecular formula is C21H39I2N5O2. The number of hydrogen-bond acceptors (Lipinski definition) is 5. The topological polar surface area (TPSA) is 70.5 Å². The number of rotatable bonds is 9. The van der Waals surface area contributed by atoms with Gasteiger partial charge in [-0.15, -0.1) is 0 Å². The molecule has 0 amide bonds. The van der Waals surface area contributed by atoms with Crippen LogP contribution in [0, 0.1) is 5.92 Å². The van der Waals surface area contributed by atoms with Crippen molar-refractivity contribution in [3.05, 3.63) is 0 Å². The Morgan fingerprint density at radius 2 is 1.80 bits per heavy atom. The van der Waals surface area contributed by atoms with Crippen LogP contribution in [-0.4, -0.2) is 62.3 Å². The van der Waals surface area contributed by atoms with E-state index >= 15 is 0 Å². The first-order chi connectivity index (χ1) is 14.6. The fraction of sp³-hybridized carbons (Fsp3) is 0.905. The number of amidine groups is 2. The third-order valence-corrected chi connectivity index (χ3v) is 6.82. The zero-order valence-electron chi connectivity index (χ0n) is 18.5. The molecule has 2 unspecified atom stereocenters. The van der Waals surface area contributed by atoms with Crippen molar-refractivity contribution in [3.8, 4) is 0 Å². The van der Waals surface area contributed by atoms with Gasteiger partial charge >= 0.3 is 0 Å². The van der Waals surface area contributed by atoms with Gasteiger partial charge in [-0.3, -0.25) is 0 Å². The highest BCUT2D eigenvalue weighted by molar-refractivity contribution is 14.1. The zero-order chi connectivity index (χ0) is 21.6. The van der Waals surface area contributed by atoms with Gasteiger partial charge in [0.15, 0.2) is 46.0 Å². The minimum absolute atomic E-state index is 0.440. The van der Waals surface area contributed by atoms with Crippen molar-refractivity contribution in [1.82, 2.24) is 15.5 Å². The Morgan fingerprint density at radius 3 is 2.50 bits per heavy atom. The third kappa shape index (κ3) is 10.5. The van der Waals surface area contributed by atoms with Crippen LogP contribution in [0.1, 0.15) is 71.1 Å². The third-order valence-electron chi connectivity index (χ3n) is 5.98. The molecule has 30 heavy (non-hydrogen) atoms. The van der Waals surface area contributed by atoms with Crippen LogP contribution in [0.15, 0.2) is 9.98 Å². The summed E-state index contributed by atoms with van der Waals surface area (Å²) in [6.07, 6.45) is 12.4. The lowest BCUT2D eigenvalue weighted by atomic mass is 9.85. The lowest BCUT2D eigenvalue weighted by Gasteiger charge is -2.32. The molecule has 2 saturated carbocycles. The number of aliphatic imine (C=N–C) groups is 2. The highest BCUT2D eigenvalue weighted by Crippen LogP contribution is 2.26. The smallest absolute Gasteiger partial charge is 0.294 e. The first-order valence-corrected chi connectivity index (χ1v) is 13.3. The summed E-state index contributed by atoms with van der Waals surface area (Å²) in [7, 11) is 2.23. The van der Waals surface area contributed by atoms with Gasteiger partial charge in [-0.05, 0) is 65.0 Å². The van der Waals surface area contributed by atoms with Crippen molar-refractivity contribution in [2.24, 2.45) is 15.9 Å². The second-order valence-corrected chi connectivity index (χ2v) is 9.47. The second-order valence-electron chi connectivity index (χ2n) is 8.59. The molecule has 0 saturated heterocycles. The van der Waals surface area contributed by atoms with Crippen LogP contribution in [0.2, 0.25) is 0 Å². The van der Waals surface area contributed by atoms with Gasteiger partial charge in [0.25, 0.3) is 12.0 Å². The molecule has 0 aromatic rings. The van der Waals surface area contributed by atoms with Gasteiger partial charge in [0, 0.05) is 25.7 Å². The summed E-state index contributed by atoms with van der Waals surface area (Å²) in [5, 5.41) is 6.72. The number of nitrogens with zero attached hydrogens (tertiary/aromatic N) is 3. The van der Waals surface area contributed by atoms with Gasteiger partial charge in [0.05, 0.1) is 6.04 Å². The Balaban J connectivity index is 1.71. The summed E-state index contributed by atoms with van der Waals surface area (Å²) in [4.78, 5) is 11.8. The van der Waals surface area contributed by atoms with E-state index in [9.17, 15) is 0 Å². The molecule has 9 heteroatoms. The maximum absolute atomic E-state index is 5.55. The van der Waals surface area contributed by atoms with E-state index in [0.717, 1.165) is 44.5 Å². The standard InChI is InChI=1S/C21H39I2N5O2/c1-3-24-20(29-22)25-13-8-14-28(2)16-17-9-7-12-19(15-17)27-21(30-23)26-18-10-5-4-6-11-18/h17-19H,3-16H2,1-2H3,(H,24,25)(H,26,27). The molecule has 2 N–H and O–H groups in total. The number of hydrogen-bond donors (Lipinski definition) is 2. The van der Waals surface area contributed by atoms with Crippen molar-refractivity contribution in [2.75, 3.05) is 33.2 Å². The first-order valence-electron chi connectivity index (χ1n) is 11.5. The van der Waals surface area contributed by atoms with Gasteiger partial charge < -0.3 is 21.7 Å². The molecule has 0 heterocycles. The number of halogens is 2. The summed E-state index contributed by atoms with van der Waals surface area (Å²) in [5.41, 5.74) is 0. The van der Waals surface area contributed by atoms with E-state index in [0.29, 0.717) is 18.1 Å². The number of nitrogens with one attached hydrogen (secondary N) is 2. The molecule has 174 valence electrons. The molecule has 2 aliphatic carbocycles. The highest BCUT2D eigenvalue weighted by Gasteiger charge is 2.24. The SMILES string of the molecule is CCNC(=NCCCN(C)CC1CCCC(NC(=NC2CCCCC2)OI)C1)OI. The molecular weight excluding hydrogens is 608 g/mol. The molecule has 0 aliphatic heterocycles. The van der Waals surface area contributed by atoms with Crippen molar-refractivity contribution in [2.45, 2.75) is 83.2 Å². The molecule has 0 aromatic carbocycles. The van der Waals surface area contributed by atoms with Gasteiger partial charge in [-0.25, -0.2) is 9.98 Å². The largest absolute Gasteiger partial charge is 0.394 e. The van der Waals surface area contributed by atoms with Crippen LogP contribution in [0.3, 0.4) is 0 Å². The molecule has 2 aliphatic rings. The summed E-state index contributed by atoms with van der Waals surface area (Å²) in [6.45, 7) is 5.87. The van der Waals surface area contributed by atoms with Crippen molar-refractivity contribution in [3.63, 3.8) is 0 Å². The molecule has 2 rings (SSSR count). The van der Waals surface area contributed by atoms with Gasteiger partial charge in [0.1, 0.15) is 0 Å². The Hall–Kier alpha value is -0.0400. The quantitative estimate of drug-likeness (QED) is 0.162. The predicted molar refractivity (Wildman–Crippen MR) is 141 cm³/mol.